The Balaban J connectivity index is 1.73. The largest absolute Gasteiger partial charge is 0.416 e. The average molecular weight is 446 g/mol. The third kappa shape index (κ3) is 5.84. The van der Waals surface area contributed by atoms with Crippen molar-refractivity contribution in [3.8, 4) is 5.69 Å². The highest BCUT2D eigenvalue weighted by atomic mass is 19.4. The van der Waals surface area contributed by atoms with Crippen molar-refractivity contribution < 1.29 is 22.8 Å². The molecule has 0 saturated heterocycles. The quantitative estimate of drug-likeness (QED) is 0.516. The molecule has 32 heavy (non-hydrogen) atoms. The number of carbonyl (C=O) groups excluding carboxylic acids is 2. The van der Waals surface area contributed by atoms with E-state index in [0.29, 0.717) is 11.3 Å². The minimum absolute atomic E-state index is 0.0310. The number of hydrogen-bond donors (Lipinski definition) is 3. The first-order chi connectivity index (χ1) is 15.1. The van der Waals surface area contributed by atoms with Gasteiger partial charge in [0.1, 0.15) is 12.7 Å². The minimum Gasteiger partial charge on any atom is -0.376 e. The van der Waals surface area contributed by atoms with E-state index in [4.69, 9.17) is 0 Å². The van der Waals surface area contributed by atoms with Gasteiger partial charge in [-0.2, -0.15) is 18.3 Å². The Kier molecular flexibility index (Phi) is 6.76. The molecule has 2 amide bonds. The van der Waals surface area contributed by atoms with Crippen LogP contribution in [0.5, 0.6) is 0 Å². The lowest BCUT2D eigenvalue weighted by Gasteiger charge is -2.15. The van der Waals surface area contributed by atoms with Gasteiger partial charge in [-0.05, 0) is 50.2 Å². The van der Waals surface area contributed by atoms with E-state index in [1.807, 2.05) is 13.8 Å². The maximum atomic E-state index is 13.1. The first-order valence-corrected chi connectivity index (χ1v) is 9.64. The summed E-state index contributed by atoms with van der Waals surface area (Å²) in [7, 11) is 0. The van der Waals surface area contributed by atoms with Crippen molar-refractivity contribution in [3.63, 3.8) is 0 Å². The lowest BCUT2D eigenvalue weighted by atomic mass is 10.1. The molecule has 11 heteroatoms. The molecular formula is C21H21F3N6O2. The fourth-order valence-electron chi connectivity index (χ4n) is 2.84. The Labute approximate surface area is 181 Å². The zero-order chi connectivity index (χ0) is 23.3. The number of anilines is 2. The molecule has 1 aromatic heterocycles. The molecule has 3 N–H and O–H groups in total. The molecule has 0 atom stereocenters. The fraction of sp³-hybridized carbons (Fsp3) is 0.238. The van der Waals surface area contributed by atoms with Crippen molar-refractivity contribution >= 4 is 23.2 Å². The van der Waals surface area contributed by atoms with Crippen LogP contribution in [0.2, 0.25) is 0 Å². The summed E-state index contributed by atoms with van der Waals surface area (Å²) >= 11 is 0. The Hall–Kier alpha value is -3.89. The van der Waals surface area contributed by atoms with Gasteiger partial charge in [-0.15, -0.1) is 0 Å². The van der Waals surface area contributed by atoms with Gasteiger partial charge in [0.2, 0.25) is 5.91 Å². The monoisotopic (exact) mass is 446 g/mol. The van der Waals surface area contributed by atoms with Crippen LogP contribution in [0, 0.1) is 0 Å². The zero-order valence-corrected chi connectivity index (χ0v) is 17.3. The molecule has 3 aromatic rings. The number of nitrogens with one attached hydrogen (secondary N) is 3. The van der Waals surface area contributed by atoms with E-state index < -0.39 is 17.6 Å². The molecule has 0 unspecified atom stereocenters. The summed E-state index contributed by atoms with van der Waals surface area (Å²) < 4.78 is 40.7. The van der Waals surface area contributed by atoms with Gasteiger partial charge in [-0.25, -0.2) is 9.67 Å². The maximum absolute atomic E-state index is 13.1. The highest BCUT2D eigenvalue weighted by Crippen LogP contribution is 2.33. The molecule has 8 nitrogen and oxygen atoms in total. The number of carbonyl (C=O) groups is 2. The first kappa shape index (κ1) is 22.8. The van der Waals surface area contributed by atoms with Crippen LogP contribution in [-0.4, -0.2) is 39.2 Å². The van der Waals surface area contributed by atoms with Crippen LogP contribution in [0.25, 0.3) is 5.69 Å². The summed E-state index contributed by atoms with van der Waals surface area (Å²) in [6.45, 7) is 3.44. The lowest BCUT2D eigenvalue weighted by Crippen LogP contribution is -2.30. The first-order valence-electron chi connectivity index (χ1n) is 9.64. The van der Waals surface area contributed by atoms with E-state index in [0.717, 1.165) is 12.1 Å². The Morgan fingerprint density at radius 3 is 2.56 bits per heavy atom. The van der Waals surface area contributed by atoms with Crippen molar-refractivity contribution in [1.82, 2.24) is 20.1 Å². The van der Waals surface area contributed by atoms with Crippen LogP contribution >= 0.6 is 0 Å². The Morgan fingerprint density at radius 1 is 1.12 bits per heavy atom. The Bertz CT molecular complexity index is 1100. The number of halogens is 3. The second-order valence-corrected chi connectivity index (χ2v) is 7.18. The highest BCUT2D eigenvalue weighted by Gasteiger charge is 2.31. The number of nitrogens with zero attached hydrogens (tertiary/aromatic N) is 3. The lowest BCUT2D eigenvalue weighted by molar-refractivity contribution is -0.137. The summed E-state index contributed by atoms with van der Waals surface area (Å²) in [5.74, 6) is -0.836. The summed E-state index contributed by atoms with van der Waals surface area (Å²) in [4.78, 5) is 28.4. The molecule has 0 aliphatic rings. The molecule has 168 valence electrons. The Morgan fingerprint density at radius 2 is 1.91 bits per heavy atom. The number of rotatable bonds is 7. The van der Waals surface area contributed by atoms with E-state index in [9.17, 15) is 22.8 Å². The predicted molar refractivity (Wildman–Crippen MR) is 113 cm³/mol. The van der Waals surface area contributed by atoms with Crippen LogP contribution in [0.4, 0.5) is 24.5 Å². The van der Waals surface area contributed by atoms with Gasteiger partial charge in [-0.1, -0.05) is 6.07 Å². The molecule has 0 aliphatic carbocycles. The third-order valence-electron chi connectivity index (χ3n) is 4.26. The van der Waals surface area contributed by atoms with Gasteiger partial charge in [0.15, 0.2) is 0 Å². The summed E-state index contributed by atoms with van der Waals surface area (Å²) in [5.41, 5.74) is 0.180. The standard InChI is InChI=1S/C21H21F3N6O2/c1-13(2)28-20(32)14-4-3-5-16(8-14)26-10-19(31)29-17-9-15(21(22,23)24)6-7-18(17)30-12-25-11-27-30/h3-9,11-13,26H,10H2,1-2H3,(H,28,32)(H,29,31). The molecule has 2 aromatic carbocycles. The van der Waals surface area contributed by atoms with Crippen molar-refractivity contribution in [2.75, 3.05) is 17.2 Å². The van der Waals surface area contributed by atoms with E-state index in [1.165, 1.54) is 23.4 Å². The predicted octanol–water partition coefficient (Wildman–Crippen LogP) is 3.47. The van der Waals surface area contributed by atoms with Crippen molar-refractivity contribution in [3.05, 3.63) is 66.2 Å². The smallest absolute Gasteiger partial charge is 0.376 e. The summed E-state index contributed by atoms with van der Waals surface area (Å²) in [6.07, 6.45) is -2.03. The van der Waals surface area contributed by atoms with Crippen LogP contribution in [-0.2, 0) is 11.0 Å². The molecule has 0 bridgehead atoms. The number of hydrogen-bond acceptors (Lipinski definition) is 5. The van der Waals surface area contributed by atoms with Crippen LogP contribution in [0.1, 0.15) is 29.8 Å². The van der Waals surface area contributed by atoms with Crippen molar-refractivity contribution in [2.45, 2.75) is 26.1 Å². The van der Waals surface area contributed by atoms with Gasteiger partial charge in [-0.3, -0.25) is 9.59 Å². The van der Waals surface area contributed by atoms with E-state index in [1.54, 1.807) is 24.3 Å². The normalized spacial score (nSPS) is 11.3. The van der Waals surface area contributed by atoms with E-state index >= 15 is 0 Å². The molecule has 0 aliphatic heterocycles. The van der Waals surface area contributed by atoms with Gasteiger partial charge in [0.25, 0.3) is 5.91 Å². The maximum Gasteiger partial charge on any atom is 0.416 e. The van der Waals surface area contributed by atoms with E-state index in [-0.39, 0.29) is 29.9 Å². The third-order valence-corrected chi connectivity index (χ3v) is 4.26. The molecule has 0 fully saturated rings. The van der Waals surface area contributed by atoms with Crippen molar-refractivity contribution in [2.24, 2.45) is 0 Å². The second-order valence-electron chi connectivity index (χ2n) is 7.18. The SMILES string of the molecule is CC(C)NC(=O)c1cccc(NCC(=O)Nc2cc(C(F)(F)F)ccc2-n2cncn2)c1. The number of alkyl halides is 3. The molecule has 0 saturated carbocycles. The molecule has 3 rings (SSSR count). The van der Waals surface area contributed by atoms with Gasteiger partial charge >= 0.3 is 6.18 Å². The summed E-state index contributed by atoms with van der Waals surface area (Å²) in [5, 5.41) is 12.0. The fourth-order valence-corrected chi connectivity index (χ4v) is 2.84. The van der Waals surface area contributed by atoms with Gasteiger partial charge < -0.3 is 16.0 Å². The van der Waals surface area contributed by atoms with Gasteiger partial charge in [0.05, 0.1) is 23.5 Å². The van der Waals surface area contributed by atoms with Crippen LogP contribution in [0.3, 0.4) is 0 Å². The highest BCUT2D eigenvalue weighted by molar-refractivity contribution is 5.97. The average Bonchev–Trinajstić information content (AvgIpc) is 3.26. The molecular weight excluding hydrogens is 425 g/mol. The van der Waals surface area contributed by atoms with Crippen LogP contribution in [0.15, 0.2) is 55.1 Å². The minimum atomic E-state index is -4.57. The number of benzene rings is 2. The number of amides is 2. The van der Waals surface area contributed by atoms with Gasteiger partial charge in [0, 0.05) is 17.3 Å². The second kappa shape index (κ2) is 9.50. The van der Waals surface area contributed by atoms with Crippen molar-refractivity contribution in [1.29, 1.82) is 0 Å². The van der Waals surface area contributed by atoms with E-state index in [2.05, 4.69) is 26.0 Å². The topological polar surface area (TPSA) is 101 Å². The van der Waals surface area contributed by atoms with Crippen LogP contribution < -0.4 is 16.0 Å². The molecule has 0 spiro atoms. The number of aromatic nitrogens is 3. The molecule has 0 radical (unpaired) electrons. The zero-order valence-electron chi connectivity index (χ0n) is 17.3. The summed E-state index contributed by atoms with van der Waals surface area (Å²) in [6, 6.07) is 9.46. The molecule has 1 heterocycles.